The Labute approximate surface area is 458 Å². The molecule has 0 unspecified atom stereocenters. The summed E-state index contributed by atoms with van der Waals surface area (Å²) in [6.45, 7) is 9.47. The molecule has 2 aliphatic heterocycles. The van der Waals surface area contributed by atoms with Crippen molar-refractivity contribution in [1.29, 1.82) is 0 Å². The van der Waals surface area contributed by atoms with Crippen molar-refractivity contribution in [3.8, 4) is 11.1 Å². The summed E-state index contributed by atoms with van der Waals surface area (Å²) in [6, 6.07) is 102. The minimum Gasteiger partial charge on any atom is -0.310 e. The molecule has 4 heteroatoms. The zero-order chi connectivity index (χ0) is 52.5. The molecule has 0 aromatic heterocycles. The summed E-state index contributed by atoms with van der Waals surface area (Å²) in [5.41, 5.74) is 20.7. The molecule has 0 radical (unpaired) electrons. The van der Waals surface area contributed by atoms with E-state index >= 15 is 0 Å². The van der Waals surface area contributed by atoms with Crippen LogP contribution in [0.15, 0.2) is 279 Å². The molecule has 4 nitrogen and oxygen atoms in total. The minimum atomic E-state index is -0.260. The average Bonchev–Trinajstić information content (AvgIpc) is 3.67. The Bertz CT molecular complexity index is 4210. The molecule has 0 bridgehead atoms. The van der Waals surface area contributed by atoms with Crippen LogP contribution in [0.3, 0.4) is 0 Å². The summed E-state index contributed by atoms with van der Waals surface area (Å²) < 4.78 is 0. The lowest BCUT2D eigenvalue weighted by Gasteiger charge is -2.42. The van der Waals surface area contributed by atoms with Crippen LogP contribution < -0.4 is 19.6 Å². The van der Waals surface area contributed by atoms with Gasteiger partial charge in [-0.2, -0.15) is 0 Å². The van der Waals surface area contributed by atoms with Gasteiger partial charge in [-0.15, -0.1) is 0 Å². The van der Waals surface area contributed by atoms with E-state index in [9.17, 15) is 0 Å². The molecular formula is C74H58N4. The minimum absolute atomic E-state index is 0.256. The van der Waals surface area contributed by atoms with Gasteiger partial charge in [-0.1, -0.05) is 191 Å². The predicted octanol–water partition coefficient (Wildman–Crippen LogP) is 20.8. The van der Waals surface area contributed by atoms with Crippen molar-refractivity contribution in [2.75, 3.05) is 19.6 Å². The lowest BCUT2D eigenvalue weighted by molar-refractivity contribution is 0.632. The molecule has 0 aliphatic carbocycles. The van der Waals surface area contributed by atoms with Crippen molar-refractivity contribution < 1.29 is 0 Å². The molecule has 0 N–H and O–H groups in total. The average molecular weight is 1000 g/mol. The molecule has 14 rings (SSSR count). The Morgan fingerprint density at radius 1 is 0.269 bits per heavy atom. The number of para-hydroxylation sites is 4. The summed E-state index contributed by atoms with van der Waals surface area (Å²) in [4.78, 5) is 9.71. The van der Waals surface area contributed by atoms with Crippen molar-refractivity contribution in [2.45, 2.75) is 38.5 Å². The second kappa shape index (κ2) is 18.6. The maximum absolute atomic E-state index is 2.44. The molecule has 0 fully saturated rings. The van der Waals surface area contributed by atoms with E-state index in [1.165, 1.54) is 66.5 Å². The first-order valence-corrected chi connectivity index (χ1v) is 27.2. The third kappa shape index (κ3) is 7.74. The van der Waals surface area contributed by atoms with E-state index in [-0.39, 0.29) is 10.8 Å². The quantitative estimate of drug-likeness (QED) is 0.143. The molecule has 2 heterocycles. The fraction of sp³-hybridized carbons (Fsp3) is 0.0811. The first-order chi connectivity index (χ1) is 38.2. The SMILES string of the molecule is CC1(C)c2ccccc2N(c2ccccc2)c2ccc(N(c3ccc(-c4ccc(N(c5ccc6c(c5)C(C)(C)c5ccccc5N6c5ccccc5)c5cccc6ccccc56)cc4)cc3)c3ccc4ccccc4c3)cc21. The van der Waals surface area contributed by atoms with E-state index in [4.69, 9.17) is 0 Å². The molecule has 2 aliphatic rings. The van der Waals surface area contributed by atoms with Crippen LogP contribution in [0.5, 0.6) is 0 Å². The first kappa shape index (κ1) is 46.9. The summed E-state index contributed by atoms with van der Waals surface area (Å²) in [5, 5.41) is 4.83. The number of hydrogen-bond donors (Lipinski definition) is 0. The largest absolute Gasteiger partial charge is 0.310 e. The predicted molar refractivity (Wildman–Crippen MR) is 330 cm³/mol. The zero-order valence-electron chi connectivity index (χ0n) is 44.3. The molecule has 0 amide bonds. The zero-order valence-corrected chi connectivity index (χ0v) is 44.3. The Kier molecular flexibility index (Phi) is 11.2. The molecular weight excluding hydrogens is 945 g/mol. The van der Waals surface area contributed by atoms with Gasteiger partial charge in [0, 0.05) is 56.0 Å². The number of rotatable bonds is 9. The van der Waals surface area contributed by atoms with Crippen LogP contribution in [0, 0.1) is 0 Å². The highest BCUT2D eigenvalue weighted by molar-refractivity contribution is 6.00. The van der Waals surface area contributed by atoms with E-state index in [0.29, 0.717) is 0 Å². The number of benzene rings is 12. The number of hydrogen-bond acceptors (Lipinski definition) is 4. The molecule has 0 atom stereocenters. The fourth-order valence-electron chi connectivity index (χ4n) is 12.6. The number of nitrogens with zero attached hydrogens (tertiary/aromatic N) is 4. The van der Waals surface area contributed by atoms with Gasteiger partial charge >= 0.3 is 0 Å². The highest BCUT2D eigenvalue weighted by atomic mass is 15.2. The Morgan fingerprint density at radius 3 is 1.23 bits per heavy atom. The van der Waals surface area contributed by atoms with Gasteiger partial charge in [-0.3, -0.25) is 0 Å². The van der Waals surface area contributed by atoms with Gasteiger partial charge < -0.3 is 19.6 Å². The molecule has 0 saturated heterocycles. The van der Waals surface area contributed by atoms with Crippen molar-refractivity contribution in [1.82, 2.24) is 0 Å². The van der Waals surface area contributed by atoms with Gasteiger partial charge in [0.05, 0.1) is 28.4 Å². The second-order valence-electron chi connectivity index (χ2n) is 21.8. The molecule has 0 spiro atoms. The third-order valence-electron chi connectivity index (χ3n) is 16.6. The molecule has 78 heavy (non-hydrogen) atoms. The molecule has 374 valence electrons. The fourth-order valence-corrected chi connectivity index (χ4v) is 12.6. The number of fused-ring (bicyclic) bond motifs is 6. The van der Waals surface area contributed by atoms with Crippen LogP contribution in [0.2, 0.25) is 0 Å². The van der Waals surface area contributed by atoms with Gasteiger partial charge in [0.1, 0.15) is 0 Å². The Hall–Kier alpha value is -9.64. The molecule has 12 aromatic carbocycles. The smallest absolute Gasteiger partial charge is 0.0540 e. The van der Waals surface area contributed by atoms with Gasteiger partial charge in [0.15, 0.2) is 0 Å². The van der Waals surface area contributed by atoms with Gasteiger partial charge in [-0.25, -0.2) is 0 Å². The van der Waals surface area contributed by atoms with Crippen molar-refractivity contribution in [3.05, 3.63) is 301 Å². The summed E-state index contributed by atoms with van der Waals surface area (Å²) in [5.74, 6) is 0. The van der Waals surface area contributed by atoms with E-state index in [1.807, 2.05) is 0 Å². The van der Waals surface area contributed by atoms with Crippen LogP contribution in [0.1, 0.15) is 49.9 Å². The van der Waals surface area contributed by atoms with Gasteiger partial charge in [0.2, 0.25) is 0 Å². The van der Waals surface area contributed by atoms with Gasteiger partial charge in [0.25, 0.3) is 0 Å². The summed E-state index contributed by atoms with van der Waals surface area (Å²) in [6.07, 6.45) is 0. The van der Waals surface area contributed by atoms with Gasteiger partial charge in [-0.05, 0) is 165 Å². The van der Waals surface area contributed by atoms with Crippen molar-refractivity contribution in [3.63, 3.8) is 0 Å². The second-order valence-corrected chi connectivity index (χ2v) is 21.8. The van der Waals surface area contributed by atoms with Crippen molar-refractivity contribution in [2.24, 2.45) is 0 Å². The van der Waals surface area contributed by atoms with E-state index in [2.05, 4.69) is 326 Å². The topological polar surface area (TPSA) is 13.0 Å². The van der Waals surface area contributed by atoms with Crippen LogP contribution in [0.25, 0.3) is 32.7 Å². The van der Waals surface area contributed by atoms with E-state index in [0.717, 1.165) is 56.6 Å². The van der Waals surface area contributed by atoms with E-state index in [1.54, 1.807) is 0 Å². The van der Waals surface area contributed by atoms with Crippen molar-refractivity contribution >= 4 is 89.8 Å². The monoisotopic (exact) mass is 1000 g/mol. The summed E-state index contributed by atoms with van der Waals surface area (Å²) >= 11 is 0. The van der Waals surface area contributed by atoms with E-state index < -0.39 is 0 Å². The first-order valence-electron chi connectivity index (χ1n) is 27.2. The lowest BCUT2D eigenvalue weighted by atomic mass is 9.73. The maximum Gasteiger partial charge on any atom is 0.0540 e. The third-order valence-corrected chi connectivity index (χ3v) is 16.6. The maximum atomic E-state index is 2.44. The van der Waals surface area contributed by atoms with Crippen LogP contribution in [0.4, 0.5) is 68.2 Å². The van der Waals surface area contributed by atoms with Crippen LogP contribution in [-0.4, -0.2) is 0 Å². The highest BCUT2D eigenvalue weighted by Gasteiger charge is 2.39. The Balaban J connectivity index is 0.855. The number of anilines is 12. The van der Waals surface area contributed by atoms with Crippen LogP contribution in [-0.2, 0) is 10.8 Å². The van der Waals surface area contributed by atoms with Crippen LogP contribution >= 0.6 is 0 Å². The molecule has 12 aromatic rings. The molecule has 0 saturated carbocycles. The summed E-state index contributed by atoms with van der Waals surface area (Å²) in [7, 11) is 0. The normalized spacial score (nSPS) is 13.8. The lowest BCUT2D eigenvalue weighted by Crippen LogP contribution is -2.30. The highest BCUT2D eigenvalue weighted by Crippen LogP contribution is 2.55. The Morgan fingerprint density at radius 2 is 0.667 bits per heavy atom. The standard InChI is InChI=1S/C74H58N4/c1-73(2)64-29-15-17-31-69(64)77(56-24-7-5-8-25-56)71-46-44-61(49-66(71)73)75(60-43-38-51-20-11-12-22-55(51)48-60)58-39-34-52(35-40-58)53-36-41-59(42-37-53)76(68-33-19-23-54-21-13-14-28-63(54)68)62-45-47-72-67(50-62)74(3,4)65-30-16-18-32-70(65)78(72)57-26-9-6-10-27-57/h5-50H,1-4H3.